The lowest BCUT2D eigenvalue weighted by Crippen LogP contribution is -2.33. The molecule has 13 heteroatoms. The smallest absolute Gasteiger partial charge is 0.294 e. The van der Waals surface area contributed by atoms with E-state index in [1.54, 1.807) is 18.0 Å². The minimum Gasteiger partial charge on any atom is -0.494 e. The Morgan fingerprint density at radius 1 is 1.26 bits per heavy atom. The monoisotopic (exact) mass is 567 g/mol. The maximum Gasteiger partial charge on any atom is 0.294 e. The van der Waals surface area contributed by atoms with Gasteiger partial charge >= 0.3 is 0 Å². The van der Waals surface area contributed by atoms with E-state index in [1.807, 2.05) is 48.0 Å². The van der Waals surface area contributed by atoms with E-state index < -0.39 is 4.92 Å². The Morgan fingerprint density at radius 3 is 2.76 bits per heavy atom. The van der Waals surface area contributed by atoms with Crippen LogP contribution in [0.25, 0.3) is 22.2 Å². The van der Waals surface area contributed by atoms with Gasteiger partial charge in [-0.3, -0.25) is 14.9 Å². The fourth-order valence-corrected chi connectivity index (χ4v) is 5.77. The quantitative estimate of drug-likeness (QED) is 0.259. The highest BCUT2D eigenvalue weighted by Crippen LogP contribution is 2.42. The first kappa shape index (κ1) is 27.0. The summed E-state index contributed by atoms with van der Waals surface area (Å²) in [6, 6.07) is 11.2. The van der Waals surface area contributed by atoms with Gasteiger partial charge in [0.1, 0.15) is 24.1 Å². The zero-order valence-electron chi connectivity index (χ0n) is 23.7. The zero-order chi connectivity index (χ0) is 29.7. The van der Waals surface area contributed by atoms with Crippen LogP contribution in [0, 0.1) is 21.4 Å². The Hall–Kier alpha value is -5.22. The molecule has 0 spiro atoms. The summed E-state index contributed by atoms with van der Waals surface area (Å²) in [5.41, 5.74) is 3.70. The Kier molecular flexibility index (Phi) is 6.62. The van der Waals surface area contributed by atoms with E-state index in [9.17, 15) is 20.2 Å². The van der Waals surface area contributed by atoms with E-state index >= 15 is 0 Å². The van der Waals surface area contributed by atoms with Crippen molar-refractivity contribution in [3.63, 3.8) is 0 Å². The van der Waals surface area contributed by atoms with Crippen molar-refractivity contribution >= 4 is 45.5 Å². The molecule has 1 fully saturated rings. The summed E-state index contributed by atoms with van der Waals surface area (Å²) in [5.74, 6) is 0.483. The Morgan fingerprint density at radius 2 is 2.07 bits per heavy atom. The van der Waals surface area contributed by atoms with Gasteiger partial charge in [-0.25, -0.2) is 9.97 Å². The molecule has 2 aliphatic heterocycles. The number of anilines is 4. The average Bonchev–Trinajstić information content (AvgIpc) is 3.62. The fraction of sp³-hybridized carbons (Fsp3) is 0.310. The highest BCUT2D eigenvalue weighted by Gasteiger charge is 2.31. The summed E-state index contributed by atoms with van der Waals surface area (Å²) in [5, 5.41) is 26.0. The molecule has 0 bridgehead atoms. The molecule has 2 aromatic carbocycles. The molecule has 1 N–H and O–H groups in total. The van der Waals surface area contributed by atoms with Gasteiger partial charge in [0.25, 0.3) is 5.69 Å². The number of rotatable bonds is 7. The number of carbonyl (C=O) groups is 1. The van der Waals surface area contributed by atoms with E-state index in [0.717, 1.165) is 23.0 Å². The molecule has 0 unspecified atom stereocenters. The van der Waals surface area contributed by atoms with Gasteiger partial charge in [-0.15, -0.1) is 0 Å². The average molecular weight is 568 g/mol. The highest BCUT2D eigenvalue weighted by atomic mass is 16.6. The molecule has 4 aromatic rings. The third-order valence-electron chi connectivity index (χ3n) is 8.06. The van der Waals surface area contributed by atoms with Crippen molar-refractivity contribution in [3.8, 4) is 23.1 Å². The molecule has 214 valence electrons. The molecule has 2 aliphatic rings. The number of nitrogens with zero attached hydrogens (tertiary/aromatic N) is 8. The number of nitro benzene ring substituents is 1. The molecule has 0 saturated carbocycles. The summed E-state index contributed by atoms with van der Waals surface area (Å²) in [6.45, 7) is 1.53. The number of benzene rings is 2. The van der Waals surface area contributed by atoms with Crippen LogP contribution < -0.4 is 19.9 Å². The zero-order valence-corrected chi connectivity index (χ0v) is 23.7. The van der Waals surface area contributed by atoms with Gasteiger partial charge in [-0.1, -0.05) is 12.1 Å². The second kappa shape index (κ2) is 10.3. The Labute approximate surface area is 241 Å². The van der Waals surface area contributed by atoms with Crippen LogP contribution in [0.2, 0.25) is 0 Å². The molecule has 1 amide bonds. The number of methoxy groups -OCH3 is 1. The molecule has 13 nitrogen and oxygen atoms in total. The molecule has 0 aliphatic carbocycles. The van der Waals surface area contributed by atoms with Gasteiger partial charge in [-0.05, 0) is 26.6 Å². The number of hydrogen-bond donors (Lipinski definition) is 1. The van der Waals surface area contributed by atoms with Crippen LogP contribution in [0.15, 0.2) is 42.7 Å². The van der Waals surface area contributed by atoms with Crippen LogP contribution >= 0.6 is 0 Å². The SMILES string of the molecule is COc1cc(N2CC[C@@H](N(C)C)C2)c([N+](=O)[O-])cc1Nc1ncc(C#N)c(-c2cn3c4c(cccc24)N(C)C(=O)C3)n1. The second-order valence-electron chi connectivity index (χ2n) is 10.6. The second-order valence-corrected chi connectivity index (χ2v) is 10.6. The first-order valence-corrected chi connectivity index (χ1v) is 13.4. The topological polar surface area (TPSA) is 146 Å². The van der Waals surface area contributed by atoms with E-state index in [-0.39, 0.29) is 29.7 Å². The van der Waals surface area contributed by atoms with Crippen LogP contribution in [-0.2, 0) is 11.3 Å². The maximum absolute atomic E-state index is 12.6. The molecular weight excluding hydrogens is 538 g/mol. The molecule has 1 saturated heterocycles. The summed E-state index contributed by atoms with van der Waals surface area (Å²) in [4.78, 5) is 39.1. The number of aromatic nitrogens is 3. The first-order valence-electron chi connectivity index (χ1n) is 13.4. The molecule has 0 radical (unpaired) electrons. The van der Waals surface area contributed by atoms with Crippen LogP contribution in [0.5, 0.6) is 5.75 Å². The molecule has 2 aromatic heterocycles. The minimum absolute atomic E-state index is 0.0500. The van der Waals surface area contributed by atoms with Crippen molar-refractivity contribution in [2.75, 3.05) is 56.5 Å². The van der Waals surface area contributed by atoms with E-state index in [0.29, 0.717) is 47.5 Å². The van der Waals surface area contributed by atoms with E-state index in [2.05, 4.69) is 26.3 Å². The summed E-state index contributed by atoms with van der Waals surface area (Å²) in [6.07, 6.45) is 4.13. The maximum atomic E-state index is 12.6. The number of ether oxygens (including phenoxy) is 1. The predicted octanol–water partition coefficient (Wildman–Crippen LogP) is 3.75. The van der Waals surface area contributed by atoms with Crippen LogP contribution in [0.3, 0.4) is 0 Å². The van der Waals surface area contributed by atoms with Gasteiger partial charge in [0.05, 0.1) is 46.4 Å². The standard InChI is InChI=1S/C29H29N9O4/c1-34(2)18-8-9-36(14-18)23-11-25(42-4)21(10-24(23)38(40)41)32-29-31-13-17(12-30)27(33-29)20-15-37-16-26(39)35(3)22-7-5-6-19(20)28(22)37/h5-7,10-11,13,15,18H,8-9,14,16H2,1-4H3,(H,31,32,33)/t18-/m1/s1. The van der Waals surface area contributed by atoms with E-state index in [4.69, 9.17) is 4.74 Å². The fourth-order valence-electron chi connectivity index (χ4n) is 5.77. The number of nitriles is 1. The molecule has 6 rings (SSSR count). The Balaban J connectivity index is 1.41. The van der Waals surface area contributed by atoms with Gasteiger partial charge in [-0.2, -0.15) is 5.26 Å². The number of amides is 1. The third-order valence-corrected chi connectivity index (χ3v) is 8.06. The van der Waals surface area contributed by atoms with Gasteiger partial charge < -0.3 is 29.3 Å². The minimum atomic E-state index is -0.403. The number of nitro groups is 1. The molecular formula is C29H29N9O4. The molecule has 4 heterocycles. The van der Waals surface area contributed by atoms with Gasteiger partial charge in [0, 0.05) is 55.5 Å². The van der Waals surface area contributed by atoms with E-state index in [1.165, 1.54) is 19.4 Å². The van der Waals surface area contributed by atoms with Gasteiger partial charge in [0.15, 0.2) is 0 Å². The summed E-state index contributed by atoms with van der Waals surface area (Å²) >= 11 is 0. The predicted molar refractivity (Wildman–Crippen MR) is 158 cm³/mol. The lowest BCUT2D eigenvalue weighted by atomic mass is 10.1. The van der Waals surface area contributed by atoms with Crippen molar-refractivity contribution in [1.29, 1.82) is 5.26 Å². The van der Waals surface area contributed by atoms with Crippen LogP contribution in [-0.4, -0.2) is 77.6 Å². The van der Waals surface area contributed by atoms with Crippen molar-refractivity contribution in [1.82, 2.24) is 19.4 Å². The van der Waals surface area contributed by atoms with Crippen molar-refractivity contribution in [2.45, 2.75) is 19.0 Å². The summed E-state index contributed by atoms with van der Waals surface area (Å²) in [7, 11) is 7.25. The molecule has 1 atom stereocenters. The van der Waals surface area contributed by atoms with Crippen molar-refractivity contribution < 1.29 is 14.5 Å². The van der Waals surface area contributed by atoms with Crippen molar-refractivity contribution in [3.05, 3.63) is 58.4 Å². The van der Waals surface area contributed by atoms with Crippen LogP contribution in [0.4, 0.5) is 28.7 Å². The lowest BCUT2D eigenvalue weighted by molar-refractivity contribution is -0.384. The number of nitrogens with one attached hydrogen (secondary N) is 1. The number of likely N-dealkylation sites (N-methyl/N-ethyl adjacent to an activating group) is 2. The van der Waals surface area contributed by atoms with Gasteiger partial charge in [0.2, 0.25) is 11.9 Å². The Bertz CT molecular complexity index is 1790. The number of para-hydroxylation sites is 1. The highest BCUT2D eigenvalue weighted by molar-refractivity contribution is 6.10. The molecule has 42 heavy (non-hydrogen) atoms. The number of hydrogen-bond acceptors (Lipinski definition) is 10. The lowest BCUT2D eigenvalue weighted by Gasteiger charge is -2.24. The largest absolute Gasteiger partial charge is 0.494 e. The first-order chi connectivity index (χ1) is 20.2. The summed E-state index contributed by atoms with van der Waals surface area (Å²) < 4.78 is 7.50. The van der Waals surface area contributed by atoms with Crippen LogP contribution in [0.1, 0.15) is 12.0 Å². The number of carbonyl (C=O) groups excluding carboxylic acids is 1. The van der Waals surface area contributed by atoms with Crippen molar-refractivity contribution in [2.24, 2.45) is 0 Å². The third kappa shape index (κ3) is 4.42. The normalized spacial score (nSPS) is 16.3.